The number of thiazole rings is 1. The molecule has 2 aromatic carbocycles. The van der Waals surface area contributed by atoms with Crippen molar-refractivity contribution in [3.05, 3.63) is 69.8 Å². The molecule has 0 saturated heterocycles. The second kappa shape index (κ2) is 6.53. The van der Waals surface area contributed by atoms with Crippen molar-refractivity contribution in [2.75, 3.05) is 5.32 Å². The van der Waals surface area contributed by atoms with Crippen LogP contribution in [0.15, 0.2) is 42.5 Å². The van der Waals surface area contributed by atoms with E-state index in [-0.39, 0.29) is 5.56 Å². The van der Waals surface area contributed by atoms with Gasteiger partial charge in [0.25, 0.3) is 5.91 Å². The maximum atomic E-state index is 13.7. The number of hydrogen-bond donors (Lipinski definition) is 1. The molecule has 5 heteroatoms. The smallest absolute Gasteiger partial charge is 0.260 e. The van der Waals surface area contributed by atoms with Crippen LogP contribution < -0.4 is 5.32 Å². The highest BCUT2D eigenvalue weighted by Gasteiger charge is 2.15. The van der Waals surface area contributed by atoms with Crippen LogP contribution in [0.4, 0.5) is 9.52 Å². The molecular weight excluding hydrogens is 323 g/mol. The molecule has 0 radical (unpaired) electrons. The number of aryl methyl sites for hydroxylation is 3. The Labute approximate surface area is 144 Å². The van der Waals surface area contributed by atoms with E-state index in [1.165, 1.54) is 34.6 Å². The van der Waals surface area contributed by atoms with Crippen LogP contribution in [0.2, 0.25) is 0 Å². The summed E-state index contributed by atoms with van der Waals surface area (Å²) in [6.07, 6.45) is 0. The van der Waals surface area contributed by atoms with Crippen molar-refractivity contribution in [3.63, 3.8) is 0 Å². The number of nitrogens with one attached hydrogen (secondary N) is 1. The number of hydrogen-bond acceptors (Lipinski definition) is 3. The first kappa shape index (κ1) is 16.3. The molecule has 0 fully saturated rings. The Bertz CT molecular complexity index is 917. The number of benzene rings is 2. The number of aromatic nitrogens is 1. The molecule has 1 amide bonds. The Morgan fingerprint density at radius 3 is 2.54 bits per heavy atom. The van der Waals surface area contributed by atoms with Gasteiger partial charge in [0.15, 0.2) is 5.13 Å². The Morgan fingerprint density at radius 2 is 1.83 bits per heavy atom. The summed E-state index contributed by atoms with van der Waals surface area (Å²) in [7, 11) is 0. The third kappa shape index (κ3) is 3.21. The van der Waals surface area contributed by atoms with Crippen molar-refractivity contribution in [2.45, 2.75) is 20.8 Å². The van der Waals surface area contributed by atoms with Crippen LogP contribution in [0.1, 0.15) is 26.4 Å². The van der Waals surface area contributed by atoms with E-state index in [4.69, 9.17) is 0 Å². The highest BCUT2D eigenvalue weighted by Crippen LogP contribution is 2.31. The minimum absolute atomic E-state index is 0.0121. The van der Waals surface area contributed by atoms with Crippen molar-refractivity contribution in [2.24, 2.45) is 0 Å². The van der Waals surface area contributed by atoms with E-state index in [1.54, 1.807) is 12.1 Å². The number of rotatable bonds is 3. The molecule has 3 rings (SSSR count). The van der Waals surface area contributed by atoms with Crippen molar-refractivity contribution >= 4 is 22.4 Å². The maximum Gasteiger partial charge on any atom is 0.260 e. The predicted molar refractivity (Wildman–Crippen MR) is 96.1 cm³/mol. The van der Waals surface area contributed by atoms with E-state index in [0.29, 0.717) is 5.13 Å². The molecule has 1 aromatic heterocycles. The van der Waals surface area contributed by atoms with Crippen LogP contribution >= 0.6 is 11.3 Å². The molecule has 0 atom stereocenters. The Kier molecular flexibility index (Phi) is 4.44. The predicted octanol–water partition coefficient (Wildman–Crippen LogP) is 5.13. The standard InChI is InChI=1S/C19H17FN2OS/c1-11-8-9-14(10-12(11)2)17-13(3)24-19(21-17)22-18(23)15-6-4-5-7-16(15)20/h4-10H,1-3H3,(H,21,22,23). The van der Waals surface area contributed by atoms with Crippen molar-refractivity contribution < 1.29 is 9.18 Å². The first-order valence-corrected chi connectivity index (χ1v) is 8.38. The summed E-state index contributed by atoms with van der Waals surface area (Å²) in [5.74, 6) is -1.04. The molecule has 0 aliphatic carbocycles. The molecule has 0 unspecified atom stereocenters. The summed E-state index contributed by atoms with van der Waals surface area (Å²) in [6, 6.07) is 12.1. The number of anilines is 1. The Balaban J connectivity index is 1.88. The second-order valence-corrected chi connectivity index (χ2v) is 6.86. The van der Waals surface area contributed by atoms with Crippen LogP contribution in [0, 0.1) is 26.6 Å². The van der Waals surface area contributed by atoms with Crippen LogP contribution in [-0.2, 0) is 0 Å². The summed E-state index contributed by atoms with van der Waals surface area (Å²) in [5, 5.41) is 3.15. The topological polar surface area (TPSA) is 42.0 Å². The molecule has 3 aromatic rings. The van der Waals surface area contributed by atoms with E-state index in [1.807, 2.05) is 13.0 Å². The van der Waals surface area contributed by atoms with Gasteiger partial charge in [0, 0.05) is 10.4 Å². The largest absolute Gasteiger partial charge is 0.298 e. The summed E-state index contributed by atoms with van der Waals surface area (Å²) < 4.78 is 13.7. The zero-order chi connectivity index (χ0) is 17.3. The molecule has 0 bridgehead atoms. The summed E-state index contributed by atoms with van der Waals surface area (Å²) in [4.78, 5) is 17.7. The normalized spacial score (nSPS) is 10.7. The molecule has 24 heavy (non-hydrogen) atoms. The van der Waals surface area contributed by atoms with Crippen LogP contribution in [0.25, 0.3) is 11.3 Å². The van der Waals surface area contributed by atoms with Gasteiger partial charge in [0.2, 0.25) is 0 Å². The van der Waals surface area contributed by atoms with E-state index >= 15 is 0 Å². The lowest BCUT2D eigenvalue weighted by atomic mass is 10.0. The highest BCUT2D eigenvalue weighted by atomic mass is 32.1. The first-order chi connectivity index (χ1) is 11.5. The van der Waals surface area contributed by atoms with E-state index in [0.717, 1.165) is 16.1 Å². The molecule has 1 heterocycles. The summed E-state index contributed by atoms with van der Waals surface area (Å²) in [5.41, 5.74) is 4.28. The second-order valence-electron chi connectivity index (χ2n) is 5.66. The molecule has 0 spiro atoms. The molecule has 1 N–H and O–H groups in total. The number of halogens is 1. The third-order valence-corrected chi connectivity index (χ3v) is 4.80. The minimum Gasteiger partial charge on any atom is -0.298 e. The van der Waals surface area contributed by atoms with Crippen LogP contribution in [0.5, 0.6) is 0 Å². The van der Waals surface area contributed by atoms with Gasteiger partial charge in [0.05, 0.1) is 11.3 Å². The number of nitrogens with zero attached hydrogens (tertiary/aromatic N) is 1. The lowest BCUT2D eigenvalue weighted by Gasteiger charge is -2.04. The average molecular weight is 340 g/mol. The molecular formula is C19H17FN2OS. The van der Waals surface area contributed by atoms with Gasteiger partial charge in [-0.3, -0.25) is 10.1 Å². The van der Waals surface area contributed by atoms with Gasteiger partial charge >= 0.3 is 0 Å². The third-order valence-electron chi connectivity index (χ3n) is 3.92. The van der Waals surface area contributed by atoms with Gasteiger partial charge in [-0.2, -0.15) is 0 Å². The number of carbonyl (C=O) groups excluding carboxylic acids is 1. The van der Waals surface area contributed by atoms with Crippen molar-refractivity contribution in [3.8, 4) is 11.3 Å². The fraction of sp³-hybridized carbons (Fsp3) is 0.158. The fourth-order valence-electron chi connectivity index (χ4n) is 2.42. The average Bonchev–Trinajstić information content (AvgIpc) is 2.91. The molecule has 0 aliphatic heterocycles. The molecule has 0 aliphatic rings. The number of amides is 1. The van der Waals surface area contributed by atoms with E-state index < -0.39 is 11.7 Å². The van der Waals surface area contributed by atoms with Gasteiger partial charge in [-0.25, -0.2) is 9.37 Å². The summed E-state index contributed by atoms with van der Waals surface area (Å²) >= 11 is 1.38. The lowest BCUT2D eigenvalue weighted by molar-refractivity contribution is 0.102. The first-order valence-electron chi connectivity index (χ1n) is 7.56. The van der Waals surface area contributed by atoms with Crippen molar-refractivity contribution in [1.29, 1.82) is 0 Å². The number of carbonyl (C=O) groups is 1. The zero-order valence-electron chi connectivity index (χ0n) is 13.7. The fourth-order valence-corrected chi connectivity index (χ4v) is 3.25. The zero-order valence-corrected chi connectivity index (χ0v) is 14.5. The molecule has 122 valence electrons. The molecule has 3 nitrogen and oxygen atoms in total. The minimum atomic E-state index is -0.544. The monoisotopic (exact) mass is 340 g/mol. The van der Waals surface area contributed by atoms with Gasteiger partial charge in [0.1, 0.15) is 5.82 Å². The van der Waals surface area contributed by atoms with Gasteiger partial charge in [-0.1, -0.05) is 24.3 Å². The Morgan fingerprint density at radius 1 is 1.08 bits per heavy atom. The molecule has 0 saturated carbocycles. The van der Waals surface area contributed by atoms with Crippen LogP contribution in [-0.4, -0.2) is 10.9 Å². The SMILES string of the molecule is Cc1ccc(-c2nc(NC(=O)c3ccccc3F)sc2C)cc1C. The van der Waals surface area contributed by atoms with Gasteiger partial charge in [-0.05, 0) is 50.1 Å². The maximum absolute atomic E-state index is 13.7. The van der Waals surface area contributed by atoms with E-state index in [2.05, 4.69) is 36.3 Å². The van der Waals surface area contributed by atoms with Crippen molar-refractivity contribution in [1.82, 2.24) is 4.98 Å². The quantitative estimate of drug-likeness (QED) is 0.718. The van der Waals surface area contributed by atoms with Gasteiger partial charge < -0.3 is 0 Å². The lowest BCUT2D eigenvalue weighted by Crippen LogP contribution is -2.13. The highest BCUT2D eigenvalue weighted by molar-refractivity contribution is 7.16. The summed E-state index contributed by atoms with van der Waals surface area (Å²) in [6.45, 7) is 6.08. The Hall–Kier alpha value is -2.53. The van der Waals surface area contributed by atoms with Gasteiger partial charge in [-0.15, -0.1) is 11.3 Å². The van der Waals surface area contributed by atoms with Crippen LogP contribution in [0.3, 0.4) is 0 Å². The van der Waals surface area contributed by atoms with E-state index in [9.17, 15) is 9.18 Å².